The molecule has 3 N–H and O–H groups in total. The van der Waals surface area contributed by atoms with Crippen LogP contribution in [0.4, 0.5) is 8.78 Å². The van der Waals surface area contributed by atoms with Crippen LogP contribution < -0.4 is 15.4 Å². The second-order valence-corrected chi connectivity index (χ2v) is 9.05. The van der Waals surface area contributed by atoms with E-state index in [4.69, 9.17) is 0 Å². The van der Waals surface area contributed by atoms with E-state index < -0.39 is 35.7 Å². The molecule has 1 saturated heterocycles. The standard InChI is InChI=1S/C22H27F2N5O4/c1-12(2)11-28-20-13(5-8-16(30)27-9-3-4-15(27)18(23)24)10-25-29(20)22(33)17(21(28)32)19(31)26-14-6-7-14/h5,8,10,12,14-15,18H,3-4,6-7,9,11H2,1-2H3,(H2,26,31,32,33)/p+1/b8-5+/t15-/m1/s1. The normalized spacial score (nSPS) is 18.8. The Morgan fingerprint density at radius 1 is 1.33 bits per heavy atom. The molecule has 1 aliphatic heterocycles. The third-order valence-corrected chi connectivity index (χ3v) is 5.94. The molecule has 2 fully saturated rings. The second-order valence-electron chi connectivity index (χ2n) is 9.05. The van der Waals surface area contributed by atoms with Gasteiger partial charge in [0.05, 0.1) is 24.3 Å². The number of rotatable bonds is 7. The fourth-order valence-corrected chi connectivity index (χ4v) is 4.19. The highest BCUT2D eigenvalue weighted by atomic mass is 19.3. The number of carbonyl (C=O) groups excluding carboxylic acids is 2. The molecule has 4 rings (SSSR count). The average Bonchev–Trinajstić information content (AvgIpc) is 3.25. The SMILES string of the molecule is CC(C)C[n+]1c(O)c(C(=O)NC2CC2)c(=O)n2[nH]cc(/C=C/C(=O)N3CCC[C@@H]3C(F)F)c21. The van der Waals surface area contributed by atoms with Crippen LogP contribution in [-0.2, 0) is 11.3 Å². The van der Waals surface area contributed by atoms with Crippen LogP contribution in [0.15, 0.2) is 17.1 Å². The molecule has 2 aliphatic rings. The minimum Gasteiger partial charge on any atom is -0.477 e. The van der Waals surface area contributed by atoms with Crippen molar-refractivity contribution in [3.8, 4) is 5.88 Å². The van der Waals surface area contributed by atoms with E-state index in [0.29, 0.717) is 18.5 Å². The maximum atomic E-state index is 13.2. The maximum absolute atomic E-state index is 13.2. The quantitative estimate of drug-likeness (QED) is 0.425. The maximum Gasteiger partial charge on any atom is 0.378 e. The molecule has 0 bridgehead atoms. The van der Waals surface area contributed by atoms with Gasteiger partial charge in [-0.05, 0) is 37.7 Å². The summed E-state index contributed by atoms with van der Waals surface area (Å²) in [5.74, 6) is -1.57. The molecule has 9 nitrogen and oxygen atoms in total. The molecule has 2 amide bonds. The number of H-pyrrole nitrogens is 1. The molecule has 178 valence electrons. The predicted octanol–water partition coefficient (Wildman–Crippen LogP) is 1.44. The first-order valence-electron chi connectivity index (χ1n) is 11.2. The van der Waals surface area contributed by atoms with E-state index in [0.717, 1.165) is 22.3 Å². The molecule has 3 heterocycles. The third-order valence-electron chi connectivity index (χ3n) is 5.94. The molecular formula is C22H28F2N5O4+. The Kier molecular flexibility index (Phi) is 6.22. The summed E-state index contributed by atoms with van der Waals surface area (Å²) < 4.78 is 29.0. The van der Waals surface area contributed by atoms with Gasteiger partial charge in [-0.25, -0.2) is 18.7 Å². The van der Waals surface area contributed by atoms with Crippen molar-refractivity contribution in [3.63, 3.8) is 0 Å². The Bertz CT molecular complexity index is 1170. The average molecular weight is 464 g/mol. The Labute approximate surface area is 188 Å². The number of hydrogen-bond donors (Lipinski definition) is 3. The number of likely N-dealkylation sites (tertiary alicyclic amines) is 1. The van der Waals surface area contributed by atoms with E-state index in [-0.39, 0.29) is 36.1 Å². The van der Waals surface area contributed by atoms with E-state index in [2.05, 4.69) is 10.4 Å². The summed E-state index contributed by atoms with van der Waals surface area (Å²) >= 11 is 0. The second kappa shape index (κ2) is 8.95. The van der Waals surface area contributed by atoms with Gasteiger partial charge in [-0.3, -0.25) is 9.59 Å². The number of hydrogen-bond acceptors (Lipinski definition) is 4. The predicted molar refractivity (Wildman–Crippen MR) is 115 cm³/mol. The number of nitrogens with one attached hydrogen (secondary N) is 2. The third kappa shape index (κ3) is 4.49. The zero-order chi connectivity index (χ0) is 23.9. The first-order chi connectivity index (χ1) is 15.7. The smallest absolute Gasteiger partial charge is 0.378 e. The number of amides is 2. The molecule has 0 unspecified atom stereocenters. The van der Waals surface area contributed by atoms with Crippen molar-refractivity contribution >= 4 is 23.5 Å². The van der Waals surface area contributed by atoms with Gasteiger partial charge >= 0.3 is 17.1 Å². The van der Waals surface area contributed by atoms with Crippen LogP contribution >= 0.6 is 0 Å². The van der Waals surface area contributed by atoms with Crippen molar-refractivity contribution in [1.82, 2.24) is 19.8 Å². The van der Waals surface area contributed by atoms with Crippen LogP contribution in [0.5, 0.6) is 5.88 Å². The fraction of sp³-hybridized carbons (Fsp3) is 0.545. The number of nitrogens with zero attached hydrogens (tertiary/aromatic N) is 3. The summed E-state index contributed by atoms with van der Waals surface area (Å²) in [7, 11) is 0. The molecule has 1 atom stereocenters. The van der Waals surface area contributed by atoms with E-state index in [1.165, 1.54) is 22.9 Å². The number of fused-ring (bicyclic) bond motifs is 1. The van der Waals surface area contributed by atoms with E-state index >= 15 is 0 Å². The molecule has 0 aromatic carbocycles. The van der Waals surface area contributed by atoms with E-state index in [1.807, 2.05) is 13.8 Å². The highest BCUT2D eigenvalue weighted by Crippen LogP contribution is 2.24. The summed E-state index contributed by atoms with van der Waals surface area (Å²) in [4.78, 5) is 39.4. The van der Waals surface area contributed by atoms with Crippen molar-refractivity contribution in [2.24, 2.45) is 5.92 Å². The van der Waals surface area contributed by atoms with Crippen molar-refractivity contribution in [2.75, 3.05) is 6.54 Å². The van der Waals surface area contributed by atoms with Gasteiger partial charge < -0.3 is 15.3 Å². The summed E-state index contributed by atoms with van der Waals surface area (Å²) in [6.45, 7) is 4.40. The molecule has 1 saturated carbocycles. The van der Waals surface area contributed by atoms with Crippen LogP contribution in [0.3, 0.4) is 0 Å². The van der Waals surface area contributed by atoms with Crippen molar-refractivity contribution in [2.45, 2.75) is 64.6 Å². The van der Waals surface area contributed by atoms with E-state index in [9.17, 15) is 28.3 Å². The highest BCUT2D eigenvalue weighted by molar-refractivity contribution is 5.96. The minimum atomic E-state index is -2.61. The molecule has 2 aromatic heterocycles. The Hall–Kier alpha value is -3.24. The summed E-state index contributed by atoms with van der Waals surface area (Å²) in [5.41, 5.74) is -0.405. The van der Waals surface area contributed by atoms with Crippen molar-refractivity contribution in [1.29, 1.82) is 0 Å². The lowest BCUT2D eigenvalue weighted by atomic mass is 10.2. The van der Waals surface area contributed by atoms with E-state index in [1.54, 1.807) is 0 Å². The number of carbonyl (C=O) groups is 2. The lowest BCUT2D eigenvalue weighted by Crippen LogP contribution is -2.46. The first kappa shape index (κ1) is 22.9. The number of aromatic nitrogens is 3. The summed E-state index contributed by atoms with van der Waals surface area (Å²) in [6, 6.07) is -1.10. The number of alkyl halides is 2. The summed E-state index contributed by atoms with van der Waals surface area (Å²) in [6.07, 6.45) is 3.91. The van der Waals surface area contributed by atoms with Gasteiger partial charge in [0.1, 0.15) is 0 Å². The van der Waals surface area contributed by atoms with Gasteiger partial charge in [0, 0.05) is 18.7 Å². The van der Waals surface area contributed by atoms with Crippen LogP contribution in [0.25, 0.3) is 11.7 Å². The monoisotopic (exact) mass is 464 g/mol. The minimum absolute atomic E-state index is 0.00588. The number of aromatic hydroxyl groups is 1. The highest BCUT2D eigenvalue weighted by Gasteiger charge is 2.35. The van der Waals surface area contributed by atoms with Crippen LogP contribution in [0, 0.1) is 5.92 Å². The van der Waals surface area contributed by atoms with Gasteiger partial charge in [0.2, 0.25) is 11.5 Å². The van der Waals surface area contributed by atoms with Gasteiger partial charge in [-0.1, -0.05) is 18.4 Å². The molecule has 0 radical (unpaired) electrons. The Balaban J connectivity index is 1.74. The number of halogens is 2. The summed E-state index contributed by atoms with van der Waals surface area (Å²) in [5, 5.41) is 16.4. The van der Waals surface area contributed by atoms with Crippen molar-refractivity contribution in [3.05, 3.63) is 33.8 Å². The van der Waals surface area contributed by atoms with Gasteiger partial charge in [-0.2, -0.15) is 4.57 Å². The Morgan fingerprint density at radius 2 is 2.06 bits per heavy atom. The largest absolute Gasteiger partial charge is 0.477 e. The zero-order valence-electron chi connectivity index (χ0n) is 18.6. The molecule has 0 spiro atoms. The topological polar surface area (TPSA) is 111 Å². The van der Waals surface area contributed by atoms with Crippen LogP contribution in [-0.4, -0.2) is 56.5 Å². The molecule has 11 heteroatoms. The molecule has 2 aromatic rings. The lowest BCUT2D eigenvalue weighted by molar-refractivity contribution is -0.686. The van der Waals surface area contributed by atoms with Gasteiger partial charge in [0.25, 0.3) is 12.3 Å². The van der Waals surface area contributed by atoms with Crippen molar-refractivity contribution < 1.29 is 28.0 Å². The van der Waals surface area contributed by atoms with Gasteiger partial charge in [0.15, 0.2) is 0 Å². The van der Waals surface area contributed by atoms with Crippen LogP contribution in [0.2, 0.25) is 0 Å². The number of aromatic amines is 1. The first-order valence-corrected chi connectivity index (χ1v) is 11.2. The van der Waals surface area contributed by atoms with Gasteiger partial charge in [-0.15, -0.1) is 0 Å². The van der Waals surface area contributed by atoms with Crippen LogP contribution in [0.1, 0.15) is 55.5 Å². The molecular weight excluding hydrogens is 436 g/mol. The molecule has 33 heavy (non-hydrogen) atoms. The lowest BCUT2D eigenvalue weighted by Gasteiger charge is -2.22. The Morgan fingerprint density at radius 3 is 2.70 bits per heavy atom. The zero-order valence-corrected chi connectivity index (χ0v) is 18.6. The molecule has 1 aliphatic carbocycles. The fourth-order valence-electron chi connectivity index (χ4n) is 4.19.